The van der Waals surface area contributed by atoms with Gasteiger partial charge in [-0.2, -0.15) is 0 Å². The molecule has 0 spiro atoms. The minimum atomic E-state index is -3.65. The summed E-state index contributed by atoms with van der Waals surface area (Å²) in [5.41, 5.74) is 1.83. The second-order valence-electron chi connectivity index (χ2n) is 6.45. The SMILES string of the molecule is COC[C@@H](C)NS(=O)(=O)c1ccc(NC(=O)C2=Cc3ccccc3OC2)cc1. The van der Waals surface area contributed by atoms with Crippen LogP contribution in [-0.4, -0.2) is 40.7 Å². The van der Waals surface area contributed by atoms with Crippen LogP contribution >= 0.6 is 0 Å². The maximum Gasteiger partial charge on any atom is 0.255 e. The highest BCUT2D eigenvalue weighted by Crippen LogP contribution is 2.26. The van der Waals surface area contributed by atoms with Crippen molar-refractivity contribution in [2.45, 2.75) is 17.9 Å². The number of fused-ring (bicyclic) bond motifs is 1. The minimum absolute atomic E-state index is 0.114. The average Bonchev–Trinajstić information content (AvgIpc) is 2.67. The number of sulfonamides is 1. The maximum absolute atomic E-state index is 12.5. The topological polar surface area (TPSA) is 93.7 Å². The molecule has 0 aliphatic carbocycles. The van der Waals surface area contributed by atoms with Gasteiger partial charge in [0.2, 0.25) is 10.0 Å². The number of benzene rings is 2. The molecule has 1 aliphatic rings. The molecule has 0 aromatic heterocycles. The molecule has 2 aromatic rings. The van der Waals surface area contributed by atoms with Gasteiger partial charge >= 0.3 is 0 Å². The van der Waals surface area contributed by atoms with E-state index in [1.54, 1.807) is 25.1 Å². The van der Waals surface area contributed by atoms with Gasteiger partial charge in [-0.25, -0.2) is 13.1 Å². The summed E-state index contributed by atoms with van der Waals surface area (Å²) < 4.78 is 37.7. The first-order valence-electron chi connectivity index (χ1n) is 8.74. The van der Waals surface area contributed by atoms with Crippen LogP contribution in [0.5, 0.6) is 5.75 Å². The van der Waals surface area contributed by atoms with Gasteiger partial charge < -0.3 is 14.8 Å². The molecular weight excluding hydrogens is 380 g/mol. The van der Waals surface area contributed by atoms with Crippen molar-refractivity contribution in [1.29, 1.82) is 0 Å². The number of methoxy groups -OCH3 is 1. The van der Waals surface area contributed by atoms with Crippen LogP contribution in [-0.2, 0) is 19.6 Å². The minimum Gasteiger partial charge on any atom is -0.488 e. The van der Waals surface area contributed by atoms with E-state index < -0.39 is 10.0 Å². The van der Waals surface area contributed by atoms with Gasteiger partial charge in [0.05, 0.1) is 17.1 Å². The molecule has 3 rings (SSSR count). The van der Waals surface area contributed by atoms with E-state index in [9.17, 15) is 13.2 Å². The zero-order valence-electron chi connectivity index (χ0n) is 15.6. The molecule has 0 saturated heterocycles. The third-order valence-corrected chi connectivity index (χ3v) is 5.72. The van der Waals surface area contributed by atoms with Crippen molar-refractivity contribution in [3.05, 3.63) is 59.7 Å². The predicted molar refractivity (Wildman–Crippen MR) is 107 cm³/mol. The molecule has 7 nitrogen and oxygen atoms in total. The number of amides is 1. The number of hydrogen-bond acceptors (Lipinski definition) is 5. The first kappa shape index (κ1) is 20.1. The van der Waals surface area contributed by atoms with Crippen molar-refractivity contribution >= 4 is 27.7 Å². The van der Waals surface area contributed by atoms with Crippen LogP contribution in [0.4, 0.5) is 5.69 Å². The number of hydrogen-bond donors (Lipinski definition) is 2. The molecule has 1 heterocycles. The van der Waals surface area contributed by atoms with Crippen molar-refractivity contribution < 1.29 is 22.7 Å². The van der Waals surface area contributed by atoms with Crippen LogP contribution < -0.4 is 14.8 Å². The normalized spacial score (nSPS) is 14.4. The van der Waals surface area contributed by atoms with Crippen LogP contribution in [0.25, 0.3) is 6.08 Å². The molecule has 2 aromatic carbocycles. The third-order valence-electron chi connectivity index (χ3n) is 4.12. The highest BCUT2D eigenvalue weighted by Gasteiger charge is 2.19. The molecule has 1 amide bonds. The third kappa shape index (κ3) is 4.78. The molecule has 2 N–H and O–H groups in total. The highest BCUT2D eigenvalue weighted by molar-refractivity contribution is 7.89. The van der Waals surface area contributed by atoms with Crippen molar-refractivity contribution in [2.24, 2.45) is 0 Å². The van der Waals surface area contributed by atoms with E-state index in [-0.39, 0.29) is 30.1 Å². The molecule has 1 atom stereocenters. The summed E-state index contributed by atoms with van der Waals surface area (Å²) in [5, 5.41) is 2.76. The Morgan fingerprint density at radius 3 is 2.61 bits per heavy atom. The fourth-order valence-electron chi connectivity index (χ4n) is 2.79. The zero-order valence-corrected chi connectivity index (χ0v) is 16.5. The number of carbonyl (C=O) groups is 1. The monoisotopic (exact) mass is 402 g/mol. The van der Waals surface area contributed by atoms with E-state index in [2.05, 4.69) is 10.0 Å². The van der Waals surface area contributed by atoms with E-state index in [0.29, 0.717) is 11.3 Å². The van der Waals surface area contributed by atoms with Crippen molar-refractivity contribution in [1.82, 2.24) is 4.72 Å². The summed E-state index contributed by atoms with van der Waals surface area (Å²) in [5.74, 6) is 0.445. The van der Waals surface area contributed by atoms with Gasteiger partial charge in [0, 0.05) is 24.4 Å². The Kier molecular flexibility index (Phi) is 6.13. The molecule has 0 saturated carbocycles. The van der Waals surface area contributed by atoms with Gasteiger partial charge in [-0.1, -0.05) is 18.2 Å². The van der Waals surface area contributed by atoms with E-state index in [4.69, 9.17) is 9.47 Å². The van der Waals surface area contributed by atoms with Crippen LogP contribution in [0, 0.1) is 0 Å². The summed E-state index contributed by atoms with van der Waals surface area (Å²) in [6.45, 7) is 2.16. The largest absolute Gasteiger partial charge is 0.488 e. The van der Waals surface area contributed by atoms with Gasteiger partial charge in [-0.15, -0.1) is 0 Å². The second-order valence-corrected chi connectivity index (χ2v) is 8.17. The fraction of sp³-hybridized carbons (Fsp3) is 0.250. The van der Waals surface area contributed by atoms with Crippen molar-refractivity contribution in [3.63, 3.8) is 0 Å². The lowest BCUT2D eigenvalue weighted by Gasteiger charge is -2.17. The van der Waals surface area contributed by atoms with Gasteiger partial charge in [-0.3, -0.25) is 4.79 Å². The van der Waals surface area contributed by atoms with Gasteiger partial charge in [0.25, 0.3) is 5.91 Å². The molecule has 0 fully saturated rings. The lowest BCUT2D eigenvalue weighted by Crippen LogP contribution is -2.35. The fourth-order valence-corrected chi connectivity index (χ4v) is 4.02. The number of para-hydroxylation sites is 1. The first-order chi connectivity index (χ1) is 13.4. The van der Waals surface area contributed by atoms with Crippen molar-refractivity contribution in [2.75, 3.05) is 25.6 Å². The van der Waals surface area contributed by atoms with E-state index in [0.717, 1.165) is 11.3 Å². The second kappa shape index (κ2) is 8.55. The summed E-state index contributed by atoms with van der Waals surface area (Å²) in [6.07, 6.45) is 1.79. The van der Waals surface area contributed by atoms with E-state index in [1.807, 2.05) is 24.3 Å². The van der Waals surface area contributed by atoms with Crippen LogP contribution in [0.1, 0.15) is 12.5 Å². The number of carbonyl (C=O) groups excluding carboxylic acids is 1. The quantitative estimate of drug-likeness (QED) is 0.742. The smallest absolute Gasteiger partial charge is 0.255 e. The molecule has 1 aliphatic heterocycles. The molecule has 8 heteroatoms. The molecule has 0 unspecified atom stereocenters. The molecule has 28 heavy (non-hydrogen) atoms. The standard InChI is InChI=1S/C20H22N2O5S/c1-14(12-26-2)22-28(24,25)18-9-7-17(8-10-18)21-20(23)16-11-15-5-3-4-6-19(15)27-13-16/h3-11,14,22H,12-13H2,1-2H3,(H,21,23)/t14-/m1/s1. The Hall–Kier alpha value is -2.68. The first-order valence-corrected chi connectivity index (χ1v) is 10.2. The summed E-state index contributed by atoms with van der Waals surface area (Å²) in [6, 6.07) is 13.1. The number of rotatable bonds is 7. The van der Waals surface area contributed by atoms with Gasteiger partial charge in [0.1, 0.15) is 12.4 Å². The van der Waals surface area contributed by atoms with Gasteiger partial charge in [-0.05, 0) is 43.3 Å². The Morgan fingerprint density at radius 1 is 1.18 bits per heavy atom. The van der Waals surface area contributed by atoms with E-state index in [1.165, 1.54) is 19.2 Å². The predicted octanol–water partition coefficient (Wildman–Crippen LogP) is 2.41. The summed E-state index contributed by atoms with van der Waals surface area (Å²) in [7, 11) is -2.15. The molecule has 0 bridgehead atoms. The Balaban J connectivity index is 1.68. The molecular formula is C20H22N2O5S. The van der Waals surface area contributed by atoms with Gasteiger partial charge in [0.15, 0.2) is 0 Å². The maximum atomic E-state index is 12.5. The number of ether oxygens (including phenoxy) is 2. The lowest BCUT2D eigenvalue weighted by atomic mass is 10.1. The highest BCUT2D eigenvalue weighted by atomic mass is 32.2. The van der Waals surface area contributed by atoms with Crippen LogP contribution in [0.3, 0.4) is 0 Å². The number of nitrogens with one attached hydrogen (secondary N) is 2. The van der Waals surface area contributed by atoms with Crippen LogP contribution in [0.2, 0.25) is 0 Å². The lowest BCUT2D eigenvalue weighted by molar-refractivity contribution is -0.113. The van der Waals surface area contributed by atoms with Crippen molar-refractivity contribution in [3.8, 4) is 5.75 Å². The zero-order chi connectivity index (χ0) is 20.1. The Morgan fingerprint density at radius 2 is 1.89 bits per heavy atom. The summed E-state index contributed by atoms with van der Waals surface area (Å²) in [4.78, 5) is 12.6. The summed E-state index contributed by atoms with van der Waals surface area (Å²) >= 11 is 0. The molecule has 0 radical (unpaired) electrons. The molecule has 148 valence electrons. The number of anilines is 1. The average molecular weight is 402 g/mol. The Bertz CT molecular complexity index is 984. The van der Waals surface area contributed by atoms with E-state index >= 15 is 0 Å². The van der Waals surface area contributed by atoms with Crippen LogP contribution in [0.15, 0.2) is 59.0 Å². The Labute approximate surface area is 164 Å².